The first kappa shape index (κ1) is 23.1. The fourth-order valence-electron chi connectivity index (χ4n) is 2.64. The largest absolute Gasteiger partial charge is 0.495 e. The summed E-state index contributed by atoms with van der Waals surface area (Å²) in [6.45, 7) is 0.0128. The maximum atomic E-state index is 13.0. The smallest absolute Gasteiger partial charge is 0.319 e. The van der Waals surface area contributed by atoms with Gasteiger partial charge < -0.3 is 20.1 Å². The number of anilines is 1. The summed E-state index contributed by atoms with van der Waals surface area (Å²) in [5.41, 5.74) is 0.402. The summed E-state index contributed by atoms with van der Waals surface area (Å²) in [7, 11) is -8.88. The second kappa shape index (κ2) is 7.86. The number of para-hydroxylation sites is 1. The van der Waals surface area contributed by atoms with Crippen molar-refractivity contribution in [2.75, 3.05) is 12.4 Å². The number of halogens is 5. The van der Waals surface area contributed by atoms with E-state index < -0.39 is 26.9 Å². The lowest BCUT2D eigenvalue weighted by Crippen LogP contribution is -2.28. The third-order valence-corrected chi connectivity index (χ3v) is 5.30. The van der Waals surface area contributed by atoms with Crippen LogP contribution in [0.2, 0.25) is 0 Å². The Balaban J connectivity index is 1.70. The van der Waals surface area contributed by atoms with Crippen molar-refractivity contribution < 1.29 is 33.7 Å². The van der Waals surface area contributed by atoms with Gasteiger partial charge in [0.05, 0.1) is 12.8 Å². The highest BCUT2D eigenvalue weighted by Crippen LogP contribution is 3.02. The van der Waals surface area contributed by atoms with Gasteiger partial charge in [0.25, 0.3) is 0 Å². The number of aromatic nitrogens is 1. The number of ether oxygens (including phenoxy) is 2. The first-order valence-corrected chi connectivity index (χ1v) is 10.9. The fraction of sp³-hybridized carbons (Fsp3) is 0.100. The van der Waals surface area contributed by atoms with Gasteiger partial charge in [-0.2, -0.15) is 0 Å². The zero-order chi connectivity index (χ0) is 23.5. The van der Waals surface area contributed by atoms with E-state index in [-0.39, 0.29) is 24.4 Å². The van der Waals surface area contributed by atoms with E-state index in [1.807, 2.05) is 0 Å². The Morgan fingerprint density at radius 1 is 0.969 bits per heavy atom. The Labute approximate surface area is 180 Å². The molecule has 0 fully saturated rings. The van der Waals surface area contributed by atoms with Crippen molar-refractivity contribution in [1.29, 1.82) is 0 Å². The number of rotatable bonds is 7. The van der Waals surface area contributed by atoms with Gasteiger partial charge in [-0.3, -0.25) is 4.98 Å². The summed E-state index contributed by atoms with van der Waals surface area (Å²) in [5, 5.41) is 4.81. The molecular weight excluding hydrogens is 457 g/mol. The Bertz CT molecular complexity index is 1130. The molecule has 12 heteroatoms. The van der Waals surface area contributed by atoms with Crippen LogP contribution in [0.1, 0.15) is 5.56 Å². The van der Waals surface area contributed by atoms with Crippen LogP contribution in [-0.2, 0) is 6.54 Å². The highest BCUT2D eigenvalue weighted by atomic mass is 32.5. The minimum absolute atomic E-state index is 0.0128. The van der Waals surface area contributed by atoms with Crippen LogP contribution in [0.3, 0.4) is 0 Å². The van der Waals surface area contributed by atoms with Gasteiger partial charge in [-0.15, -0.1) is 0 Å². The molecule has 3 rings (SSSR count). The first-order chi connectivity index (χ1) is 14.9. The van der Waals surface area contributed by atoms with Crippen molar-refractivity contribution in [1.82, 2.24) is 10.3 Å². The maximum absolute atomic E-state index is 13.0. The van der Waals surface area contributed by atoms with Gasteiger partial charge in [0.1, 0.15) is 22.1 Å². The number of carbonyl (C=O) groups is 1. The highest BCUT2D eigenvalue weighted by molar-refractivity contribution is 8.45. The number of pyridine rings is 1. The fourth-order valence-corrected chi connectivity index (χ4v) is 3.29. The number of carbonyl (C=O) groups excluding carboxylic acids is 1. The van der Waals surface area contributed by atoms with Crippen molar-refractivity contribution in [3.8, 4) is 17.2 Å². The molecule has 1 heterocycles. The number of methoxy groups -OCH3 is 1. The summed E-state index contributed by atoms with van der Waals surface area (Å²) in [4.78, 5) is 14.0. The van der Waals surface area contributed by atoms with Crippen LogP contribution in [0.25, 0.3) is 0 Å². The van der Waals surface area contributed by atoms with Gasteiger partial charge >= 0.3 is 16.3 Å². The minimum Gasteiger partial charge on any atom is -0.495 e. The average molecular weight is 475 g/mol. The van der Waals surface area contributed by atoms with E-state index >= 15 is 0 Å². The Kier molecular flexibility index (Phi) is 5.68. The van der Waals surface area contributed by atoms with Crippen molar-refractivity contribution in [3.05, 3.63) is 72.6 Å². The number of benzene rings is 2. The van der Waals surface area contributed by atoms with Crippen molar-refractivity contribution in [2.24, 2.45) is 0 Å². The highest BCUT2D eigenvalue weighted by Gasteiger charge is 2.65. The third-order valence-electron chi connectivity index (χ3n) is 4.16. The molecule has 2 N–H and O–H groups in total. The molecule has 0 aliphatic heterocycles. The van der Waals surface area contributed by atoms with Crippen LogP contribution in [0.4, 0.5) is 29.9 Å². The molecular formula is C20H18F5N3O3S. The Hall–Kier alpha value is -3.54. The number of hydrogen-bond donors (Lipinski definition) is 2. The molecule has 0 spiro atoms. The lowest BCUT2D eigenvalue weighted by atomic mass is 10.2. The first-order valence-electron chi connectivity index (χ1n) is 8.98. The topological polar surface area (TPSA) is 72.5 Å². The molecule has 32 heavy (non-hydrogen) atoms. The standard InChI is InChI=1S/C20H18F5N3O3S/c1-30-19-12-16(32(21,22,23,24)25)6-7-17(19)28-20(29)27-13-14-4-2-3-5-18(14)31-15-8-10-26-11-9-15/h2-12H,13H2,1H3,(H2,27,28,29). The number of urea groups is 1. The summed E-state index contributed by atoms with van der Waals surface area (Å²) in [6, 6.07) is 10.4. The van der Waals surface area contributed by atoms with E-state index in [4.69, 9.17) is 9.47 Å². The lowest BCUT2D eigenvalue weighted by molar-refractivity contribution is 0.251. The normalized spacial score (nSPS) is 13.4. The maximum Gasteiger partial charge on any atom is 0.319 e. The van der Waals surface area contributed by atoms with E-state index in [1.165, 1.54) is 0 Å². The Morgan fingerprint density at radius 3 is 2.31 bits per heavy atom. The summed E-state index contributed by atoms with van der Waals surface area (Å²) >= 11 is 0. The SMILES string of the molecule is COc1cc(S(F)(F)(F)(F)F)ccc1NC(=O)NCc1ccccc1Oc1ccncc1. The van der Waals surface area contributed by atoms with Gasteiger partial charge in [0, 0.05) is 30.6 Å². The predicted molar refractivity (Wildman–Crippen MR) is 111 cm³/mol. The predicted octanol–water partition coefficient (Wildman–Crippen LogP) is 6.86. The van der Waals surface area contributed by atoms with E-state index in [0.29, 0.717) is 23.1 Å². The Morgan fingerprint density at radius 2 is 1.66 bits per heavy atom. The van der Waals surface area contributed by atoms with Gasteiger partial charge in [0.15, 0.2) is 0 Å². The minimum atomic E-state index is -9.88. The molecule has 0 radical (unpaired) electrons. The van der Waals surface area contributed by atoms with Gasteiger partial charge in [-0.25, -0.2) is 4.79 Å². The van der Waals surface area contributed by atoms with Crippen LogP contribution in [0, 0.1) is 0 Å². The van der Waals surface area contributed by atoms with Crippen LogP contribution in [0.5, 0.6) is 17.2 Å². The van der Waals surface area contributed by atoms with Crippen LogP contribution >= 0.6 is 10.2 Å². The van der Waals surface area contributed by atoms with Gasteiger partial charge in [0.2, 0.25) is 0 Å². The number of nitrogens with one attached hydrogen (secondary N) is 2. The summed E-state index contributed by atoms with van der Waals surface area (Å²) < 4.78 is 75.4. The molecule has 0 saturated heterocycles. The lowest BCUT2D eigenvalue weighted by Gasteiger charge is -2.40. The molecule has 0 unspecified atom stereocenters. The van der Waals surface area contributed by atoms with Crippen LogP contribution in [0.15, 0.2) is 71.9 Å². The molecule has 3 aromatic rings. The van der Waals surface area contributed by atoms with Crippen molar-refractivity contribution in [3.63, 3.8) is 0 Å². The van der Waals surface area contributed by atoms with Crippen molar-refractivity contribution in [2.45, 2.75) is 11.4 Å². The molecule has 0 aliphatic rings. The molecule has 172 valence electrons. The molecule has 0 bridgehead atoms. The summed E-state index contributed by atoms with van der Waals surface area (Å²) in [5.74, 6) is 0.440. The third kappa shape index (κ3) is 6.00. The second-order valence-electron chi connectivity index (χ2n) is 6.53. The average Bonchev–Trinajstić information content (AvgIpc) is 2.72. The van der Waals surface area contributed by atoms with Crippen molar-refractivity contribution >= 4 is 21.9 Å². The quantitative estimate of drug-likeness (QED) is 0.366. The second-order valence-corrected chi connectivity index (χ2v) is 8.94. The molecule has 0 aliphatic carbocycles. The summed E-state index contributed by atoms with van der Waals surface area (Å²) in [6.07, 6.45) is 3.11. The zero-order valence-corrected chi connectivity index (χ0v) is 17.3. The van der Waals surface area contributed by atoms with E-state index in [2.05, 4.69) is 15.6 Å². The molecule has 0 atom stereocenters. The molecule has 2 aromatic carbocycles. The van der Waals surface area contributed by atoms with E-state index in [9.17, 15) is 24.2 Å². The molecule has 1 aromatic heterocycles. The number of nitrogens with zero attached hydrogens (tertiary/aromatic N) is 1. The van der Waals surface area contributed by atoms with Gasteiger partial charge in [-0.1, -0.05) is 37.6 Å². The van der Waals surface area contributed by atoms with E-state index in [0.717, 1.165) is 7.11 Å². The zero-order valence-electron chi connectivity index (χ0n) is 16.5. The van der Waals surface area contributed by atoms with Crippen LogP contribution < -0.4 is 20.1 Å². The molecule has 2 amide bonds. The number of hydrogen-bond acceptors (Lipinski definition) is 4. The monoisotopic (exact) mass is 475 g/mol. The molecule has 6 nitrogen and oxygen atoms in total. The van der Waals surface area contributed by atoms with Crippen LogP contribution in [-0.4, -0.2) is 18.1 Å². The van der Waals surface area contributed by atoms with Gasteiger partial charge in [-0.05, 0) is 30.3 Å². The van der Waals surface area contributed by atoms with E-state index in [1.54, 1.807) is 48.8 Å². The molecule has 0 saturated carbocycles. The number of amides is 2.